The first-order valence-electron chi connectivity index (χ1n) is 8.01. The molecule has 0 unspecified atom stereocenters. The molecule has 130 valence electrons. The predicted octanol–water partition coefficient (Wildman–Crippen LogP) is 2.37. The summed E-state index contributed by atoms with van der Waals surface area (Å²) in [6.45, 7) is 6.36. The van der Waals surface area contributed by atoms with E-state index in [0.29, 0.717) is 12.6 Å². The summed E-state index contributed by atoms with van der Waals surface area (Å²) in [5, 5.41) is 3.47. The van der Waals surface area contributed by atoms with Crippen LogP contribution in [0.25, 0.3) is 0 Å². The van der Waals surface area contributed by atoms with Crippen LogP contribution in [0.15, 0.2) is 0 Å². The molecule has 1 N–H and O–H groups in total. The third kappa shape index (κ3) is 6.50. The van der Waals surface area contributed by atoms with Crippen LogP contribution >= 0.6 is 0 Å². The molecule has 6 nitrogen and oxygen atoms in total. The largest absolute Gasteiger partial charge is 0.444 e. The van der Waals surface area contributed by atoms with Crippen molar-refractivity contribution in [1.29, 1.82) is 0 Å². The summed E-state index contributed by atoms with van der Waals surface area (Å²) in [6.07, 6.45) is 3.61. The van der Waals surface area contributed by atoms with Crippen molar-refractivity contribution in [2.75, 3.05) is 27.8 Å². The van der Waals surface area contributed by atoms with Crippen LogP contribution in [0.3, 0.4) is 0 Å². The monoisotopic (exact) mass is 316 g/mol. The summed E-state index contributed by atoms with van der Waals surface area (Å²) in [5.74, 6) is 0. The summed E-state index contributed by atoms with van der Waals surface area (Å²) in [6, 6.07) is 0.713. The van der Waals surface area contributed by atoms with Crippen molar-refractivity contribution in [3.05, 3.63) is 0 Å². The Morgan fingerprint density at radius 3 is 2.18 bits per heavy atom. The van der Waals surface area contributed by atoms with Crippen LogP contribution in [0.2, 0.25) is 0 Å². The fraction of sp³-hybridized carbons (Fsp3) is 0.938. The number of nitrogens with zero attached hydrogens (tertiary/aromatic N) is 1. The van der Waals surface area contributed by atoms with Crippen LogP contribution in [-0.2, 0) is 14.2 Å². The molecule has 0 aromatic carbocycles. The third-order valence-corrected chi connectivity index (χ3v) is 4.02. The minimum Gasteiger partial charge on any atom is -0.444 e. The lowest BCUT2D eigenvalue weighted by atomic mass is 9.90. The highest BCUT2D eigenvalue weighted by molar-refractivity contribution is 5.68. The minimum atomic E-state index is -0.445. The van der Waals surface area contributed by atoms with Gasteiger partial charge < -0.3 is 24.4 Å². The van der Waals surface area contributed by atoms with E-state index in [1.165, 1.54) is 0 Å². The lowest BCUT2D eigenvalue weighted by molar-refractivity contribution is -0.100. The van der Waals surface area contributed by atoms with Gasteiger partial charge in [0.25, 0.3) is 0 Å². The van der Waals surface area contributed by atoms with Crippen molar-refractivity contribution in [3.63, 3.8) is 0 Å². The Kier molecular flexibility index (Phi) is 7.59. The van der Waals surface area contributed by atoms with E-state index in [9.17, 15) is 4.79 Å². The molecule has 1 aliphatic rings. The van der Waals surface area contributed by atoms with Crippen molar-refractivity contribution < 1.29 is 19.0 Å². The third-order valence-electron chi connectivity index (χ3n) is 4.02. The van der Waals surface area contributed by atoms with Gasteiger partial charge in [0.05, 0.1) is 0 Å². The molecule has 0 aromatic rings. The van der Waals surface area contributed by atoms with Crippen molar-refractivity contribution in [3.8, 4) is 0 Å². The molecule has 1 saturated carbocycles. The number of hydrogen-bond acceptors (Lipinski definition) is 5. The van der Waals surface area contributed by atoms with Crippen LogP contribution in [-0.4, -0.2) is 62.8 Å². The first-order chi connectivity index (χ1) is 10.3. The summed E-state index contributed by atoms with van der Waals surface area (Å²) in [5.41, 5.74) is -0.445. The van der Waals surface area contributed by atoms with Crippen LogP contribution in [0.1, 0.15) is 46.5 Å². The molecule has 0 atom stereocenters. The highest BCUT2D eigenvalue weighted by Crippen LogP contribution is 2.24. The Labute approximate surface area is 134 Å². The van der Waals surface area contributed by atoms with Gasteiger partial charge in [-0.05, 0) is 46.5 Å². The Hall–Kier alpha value is -0.850. The van der Waals surface area contributed by atoms with E-state index >= 15 is 0 Å². The molecule has 6 heteroatoms. The van der Waals surface area contributed by atoms with Gasteiger partial charge in [-0.1, -0.05) is 0 Å². The molecule has 0 aromatic heterocycles. The number of methoxy groups -OCH3 is 2. The number of amides is 1. The van der Waals surface area contributed by atoms with Gasteiger partial charge in [0.2, 0.25) is 0 Å². The molecule has 0 bridgehead atoms. The highest BCUT2D eigenvalue weighted by Gasteiger charge is 2.29. The Morgan fingerprint density at radius 1 is 1.18 bits per heavy atom. The van der Waals surface area contributed by atoms with Crippen LogP contribution in [0.4, 0.5) is 4.79 Å². The summed E-state index contributed by atoms with van der Waals surface area (Å²) < 4.78 is 15.8. The standard InChI is InChI=1S/C16H32N2O4/c1-16(2,3)22-15(19)18(4)13-9-7-12(8-10-13)17-11-14(20-5)21-6/h12-14,17H,7-11H2,1-6H3. The van der Waals surface area contributed by atoms with Crippen molar-refractivity contribution in [2.45, 2.75) is 70.4 Å². The second-order valence-corrected chi connectivity index (χ2v) is 6.91. The van der Waals surface area contributed by atoms with Gasteiger partial charge in [-0.2, -0.15) is 0 Å². The van der Waals surface area contributed by atoms with Crippen LogP contribution in [0, 0.1) is 0 Å². The number of hydrogen-bond donors (Lipinski definition) is 1. The molecule has 0 aliphatic heterocycles. The maximum Gasteiger partial charge on any atom is 0.410 e. The zero-order chi connectivity index (χ0) is 16.8. The first-order valence-corrected chi connectivity index (χ1v) is 8.01. The molecule has 1 amide bonds. The van der Waals surface area contributed by atoms with Crippen LogP contribution in [0.5, 0.6) is 0 Å². The topological polar surface area (TPSA) is 60.0 Å². The van der Waals surface area contributed by atoms with E-state index in [1.54, 1.807) is 19.1 Å². The van der Waals surface area contributed by atoms with E-state index in [2.05, 4.69) is 5.32 Å². The fourth-order valence-electron chi connectivity index (χ4n) is 2.68. The van der Waals surface area contributed by atoms with Crippen molar-refractivity contribution in [1.82, 2.24) is 10.2 Å². The average Bonchev–Trinajstić information content (AvgIpc) is 2.46. The highest BCUT2D eigenvalue weighted by atomic mass is 16.7. The van der Waals surface area contributed by atoms with Gasteiger partial charge in [-0.3, -0.25) is 0 Å². The smallest absolute Gasteiger partial charge is 0.410 e. The number of carbonyl (C=O) groups excluding carboxylic acids is 1. The molecule has 0 heterocycles. The van der Waals surface area contributed by atoms with E-state index in [0.717, 1.165) is 25.7 Å². The molecule has 22 heavy (non-hydrogen) atoms. The molecule has 1 aliphatic carbocycles. The quantitative estimate of drug-likeness (QED) is 0.762. The lowest BCUT2D eigenvalue weighted by Gasteiger charge is -2.36. The normalized spacial score (nSPS) is 22.7. The SMILES string of the molecule is COC(CNC1CCC(N(C)C(=O)OC(C)(C)C)CC1)OC. The molecule has 0 spiro atoms. The Bertz CT molecular complexity index is 332. The van der Waals surface area contributed by atoms with E-state index in [-0.39, 0.29) is 18.4 Å². The van der Waals surface area contributed by atoms with Crippen LogP contribution < -0.4 is 5.32 Å². The first kappa shape index (κ1) is 19.2. The van der Waals surface area contributed by atoms with Gasteiger partial charge >= 0.3 is 6.09 Å². The molecule has 1 rings (SSSR count). The maximum absolute atomic E-state index is 12.1. The number of ether oxygens (including phenoxy) is 3. The van der Waals surface area contributed by atoms with Gasteiger partial charge in [-0.15, -0.1) is 0 Å². The zero-order valence-corrected chi connectivity index (χ0v) is 14.8. The van der Waals surface area contributed by atoms with Gasteiger partial charge in [0.1, 0.15) is 5.60 Å². The number of nitrogens with one attached hydrogen (secondary N) is 1. The molecule has 1 fully saturated rings. The van der Waals surface area contributed by atoms with Gasteiger partial charge in [0, 0.05) is 39.9 Å². The van der Waals surface area contributed by atoms with E-state index < -0.39 is 5.60 Å². The van der Waals surface area contributed by atoms with Crippen molar-refractivity contribution >= 4 is 6.09 Å². The van der Waals surface area contributed by atoms with Crippen molar-refractivity contribution in [2.24, 2.45) is 0 Å². The zero-order valence-electron chi connectivity index (χ0n) is 14.8. The number of rotatable bonds is 6. The summed E-state index contributed by atoms with van der Waals surface area (Å²) >= 11 is 0. The summed E-state index contributed by atoms with van der Waals surface area (Å²) in [7, 11) is 5.11. The molecular formula is C16H32N2O4. The molecular weight excluding hydrogens is 284 g/mol. The fourth-order valence-corrected chi connectivity index (χ4v) is 2.68. The second kappa shape index (κ2) is 8.70. The minimum absolute atomic E-state index is 0.206. The average molecular weight is 316 g/mol. The molecule has 0 saturated heterocycles. The lowest BCUT2D eigenvalue weighted by Crippen LogP contribution is -2.46. The van der Waals surface area contributed by atoms with E-state index in [4.69, 9.17) is 14.2 Å². The summed E-state index contributed by atoms with van der Waals surface area (Å²) in [4.78, 5) is 13.8. The predicted molar refractivity (Wildman–Crippen MR) is 85.8 cm³/mol. The van der Waals surface area contributed by atoms with E-state index in [1.807, 2.05) is 27.8 Å². The van der Waals surface area contributed by atoms with Gasteiger partial charge in [0.15, 0.2) is 6.29 Å². The number of carbonyl (C=O) groups is 1. The molecule has 0 radical (unpaired) electrons. The maximum atomic E-state index is 12.1. The Morgan fingerprint density at radius 2 is 1.73 bits per heavy atom. The van der Waals surface area contributed by atoms with Gasteiger partial charge in [-0.25, -0.2) is 4.79 Å². The second-order valence-electron chi connectivity index (χ2n) is 6.91. The Balaban J connectivity index is 2.34.